The molecule has 0 saturated carbocycles. The Morgan fingerprint density at radius 1 is 0.941 bits per heavy atom. The third-order valence-corrected chi connectivity index (χ3v) is 3.01. The maximum atomic E-state index is 2.24. The molecular weight excluding hydrogens is 204 g/mol. The van der Waals surface area contributed by atoms with Crippen LogP contribution in [-0.4, -0.2) is 0 Å². The Labute approximate surface area is 104 Å². The van der Waals surface area contributed by atoms with Crippen molar-refractivity contribution in [3.05, 3.63) is 71.3 Å². The molecule has 0 atom stereocenters. The van der Waals surface area contributed by atoms with E-state index in [1.807, 2.05) is 6.07 Å². The van der Waals surface area contributed by atoms with Crippen molar-refractivity contribution in [2.45, 2.75) is 20.3 Å². The monoisotopic (exact) mass is 222 g/mol. The molecule has 0 saturated heterocycles. The number of aryl methyl sites for hydroxylation is 1. The summed E-state index contributed by atoms with van der Waals surface area (Å²) in [6, 6.07) is 19.1. The first kappa shape index (κ1) is 11.7. The van der Waals surface area contributed by atoms with Gasteiger partial charge in [-0.15, -0.1) is 0 Å². The van der Waals surface area contributed by atoms with Gasteiger partial charge in [0.2, 0.25) is 0 Å². The first-order valence-electron chi connectivity index (χ1n) is 6.13. The van der Waals surface area contributed by atoms with Gasteiger partial charge in [-0.1, -0.05) is 67.6 Å². The summed E-state index contributed by atoms with van der Waals surface area (Å²) in [5.74, 6) is 0. The maximum Gasteiger partial charge on any atom is -0.0195 e. The fraction of sp³-hybridized carbons (Fsp3) is 0.176. The Kier molecular flexibility index (Phi) is 3.77. The lowest BCUT2D eigenvalue weighted by Gasteiger charge is -2.08. The number of hydrogen-bond acceptors (Lipinski definition) is 0. The average Bonchev–Trinajstić information content (AvgIpc) is 2.40. The molecule has 0 aromatic heterocycles. The highest BCUT2D eigenvalue weighted by molar-refractivity contribution is 5.81. The molecule has 2 rings (SSSR count). The zero-order valence-electron chi connectivity index (χ0n) is 10.5. The summed E-state index contributed by atoms with van der Waals surface area (Å²) < 4.78 is 0. The minimum Gasteiger partial charge on any atom is -0.0622 e. The van der Waals surface area contributed by atoms with E-state index < -0.39 is 0 Å². The zero-order valence-corrected chi connectivity index (χ0v) is 10.5. The molecule has 0 aliphatic carbocycles. The minimum absolute atomic E-state index is 1.08. The molecule has 2 aromatic rings. The number of rotatable bonds is 3. The molecule has 0 heterocycles. The van der Waals surface area contributed by atoms with E-state index in [0.29, 0.717) is 0 Å². The Hall–Kier alpha value is -1.82. The van der Waals surface area contributed by atoms with Gasteiger partial charge in [0.05, 0.1) is 0 Å². The first-order chi connectivity index (χ1) is 8.31. The van der Waals surface area contributed by atoms with E-state index in [4.69, 9.17) is 0 Å². The molecule has 0 amide bonds. The highest BCUT2D eigenvalue weighted by Gasteiger charge is 2.01. The predicted molar refractivity (Wildman–Crippen MR) is 75.8 cm³/mol. The standard InChI is InChI=1S/C17H18/c1-3-16-11-7-8-12-17(16)14(2)13-15-9-5-4-6-10-15/h4-13H,3H2,1-2H3/b14-13+. The molecule has 0 aliphatic rings. The molecule has 0 heteroatoms. The van der Waals surface area contributed by atoms with Gasteiger partial charge in [-0.3, -0.25) is 0 Å². The van der Waals surface area contributed by atoms with Crippen molar-refractivity contribution in [2.75, 3.05) is 0 Å². The third kappa shape index (κ3) is 2.85. The SMILES string of the molecule is CCc1ccccc1/C(C)=C/c1ccccc1. The molecule has 0 bridgehead atoms. The summed E-state index contributed by atoms with van der Waals surface area (Å²) in [6.45, 7) is 4.39. The minimum atomic E-state index is 1.08. The van der Waals surface area contributed by atoms with Gasteiger partial charge in [-0.25, -0.2) is 0 Å². The van der Waals surface area contributed by atoms with E-state index in [0.717, 1.165) is 6.42 Å². The van der Waals surface area contributed by atoms with Crippen LogP contribution in [0.25, 0.3) is 11.6 Å². The van der Waals surface area contributed by atoms with Crippen LogP contribution in [0.2, 0.25) is 0 Å². The van der Waals surface area contributed by atoms with Gasteiger partial charge in [-0.05, 0) is 35.6 Å². The Morgan fingerprint density at radius 2 is 1.59 bits per heavy atom. The van der Waals surface area contributed by atoms with Crippen molar-refractivity contribution in [1.82, 2.24) is 0 Å². The average molecular weight is 222 g/mol. The molecule has 0 aliphatic heterocycles. The van der Waals surface area contributed by atoms with Gasteiger partial charge in [0.1, 0.15) is 0 Å². The lowest BCUT2D eigenvalue weighted by Crippen LogP contribution is -1.89. The Balaban J connectivity index is 2.37. The molecule has 0 N–H and O–H groups in total. The van der Waals surface area contributed by atoms with Gasteiger partial charge < -0.3 is 0 Å². The van der Waals surface area contributed by atoms with Crippen molar-refractivity contribution in [1.29, 1.82) is 0 Å². The van der Waals surface area contributed by atoms with Crippen molar-refractivity contribution in [3.63, 3.8) is 0 Å². The van der Waals surface area contributed by atoms with E-state index in [-0.39, 0.29) is 0 Å². The second-order valence-electron chi connectivity index (χ2n) is 4.25. The van der Waals surface area contributed by atoms with E-state index in [1.165, 1.54) is 22.3 Å². The lowest BCUT2D eigenvalue weighted by atomic mass is 9.97. The zero-order chi connectivity index (χ0) is 12.1. The van der Waals surface area contributed by atoms with Gasteiger partial charge in [0, 0.05) is 0 Å². The highest BCUT2D eigenvalue weighted by Crippen LogP contribution is 2.21. The van der Waals surface area contributed by atoms with Gasteiger partial charge in [-0.2, -0.15) is 0 Å². The van der Waals surface area contributed by atoms with E-state index >= 15 is 0 Å². The largest absolute Gasteiger partial charge is 0.0622 e. The smallest absolute Gasteiger partial charge is 0.0195 e. The van der Waals surface area contributed by atoms with Crippen LogP contribution in [0.1, 0.15) is 30.5 Å². The summed E-state index contributed by atoms with van der Waals surface area (Å²) in [5.41, 5.74) is 5.36. The highest BCUT2D eigenvalue weighted by atomic mass is 14.1. The van der Waals surface area contributed by atoms with Crippen LogP contribution in [0.4, 0.5) is 0 Å². The van der Waals surface area contributed by atoms with Crippen LogP contribution in [0.15, 0.2) is 54.6 Å². The van der Waals surface area contributed by atoms with Crippen molar-refractivity contribution in [2.24, 2.45) is 0 Å². The molecule has 0 spiro atoms. The lowest BCUT2D eigenvalue weighted by molar-refractivity contribution is 1.13. The van der Waals surface area contributed by atoms with E-state index in [9.17, 15) is 0 Å². The first-order valence-corrected chi connectivity index (χ1v) is 6.13. The fourth-order valence-electron chi connectivity index (χ4n) is 2.09. The molecule has 17 heavy (non-hydrogen) atoms. The maximum absolute atomic E-state index is 2.24. The van der Waals surface area contributed by atoms with Crippen LogP contribution in [0.3, 0.4) is 0 Å². The van der Waals surface area contributed by atoms with Gasteiger partial charge in [0.15, 0.2) is 0 Å². The number of allylic oxidation sites excluding steroid dienone is 1. The summed E-state index contributed by atoms with van der Waals surface area (Å²) in [6.07, 6.45) is 3.32. The predicted octanol–water partition coefficient (Wildman–Crippen LogP) is 4.81. The summed E-state index contributed by atoms with van der Waals surface area (Å²) in [7, 11) is 0. The number of benzene rings is 2. The second kappa shape index (κ2) is 5.49. The third-order valence-electron chi connectivity index (χ3n) is 3.01. The second-order valence-corrected chi connectivity index (χ2v) is 4.25. The van der Waals surface area contributed by atoms with Crippen LogP contribution >= 0.6 is 0 Å². The quantitative estimate of drug-likeness (QED) is 0.654. The molecule has 0 nitrogen and oxygen atoms in total. The van der Waals surface area contributed by atoms with E-state index in [1.54, 1.807) is 0 Å². The fourth-order valence-corrected chi connectivity index (χ4v) is 2.09. The molecule has 2 aromatic carbocycles. The van der Waals surface area contributed by atoms with E-state index in [2.05, 4.69) is 68.5 Å². The van der Waals surface area contributed by atoms with Crippen molar-refractivity contribution < 1.29 is 0 Å². The van der Waals surface area contributed by atoms with Crippen LogP contribution < -0.4 is 0 Å². The Morgan fingerprint density at radius 3 is 2.29 bits per heavy atom. The van der Waals surface area contributed by atoms with Crippen LogP contribution in [0.5, 0.6) is 0 Å². The summed E-state index contributed by atoms with van der Waals surface area (Å²) in [4.78, 5) is 0. The van der Waals surface area contributed by atoms with Crippen LogP contribution in [0, 0.1) is 0 Å². The molecule has 0 unspecified atom stereocenters. The molecule has 86 valence electrons. The topological polar surface area (TPSA) is 0 Å². The summed E-state index contributed by atoms with van der Waals surface area (Å²) in [5, 5.41) is 0. The molecule has 0 fully saturated rings. The van der Waals surface area contributed by atoms with Crippen molar-refractivity contribution in [3.8, 4) is 0 Å². The number of hydrogen-bond donors (Lipinski definition) is 0. The van der Waals surface area contributed by atoms with Crippen LogP contribution in [-0.2, 0) is 6.42 Å². The normalized spacial score (nSPS) is 11.5. The van der Waals surface area contributed by atoms with Gasteiger partial charge in [0.25, 0.3) is 0 Å². The van der Waals surface area contributed by atoms with Gasteiger partial charge >= 0.3 is 0 Å². The Bertz CT molecular complexity index is 507. The van der Waals surface area contributed by atoms with Crippen molar-refractivity contribution >= 4 is 11.6 Å². The molecule has 0 radical (unpaired) electrons. The summed E-state index contributed by atoms with van der Waals surface area (Å²) >= 11 is 0. The molecular formula is C17H18.